The Labute approximate surface area is 336 Å². The summed E-state index contributed by atoms with van der Waals surface area (Å²) in [7, 11) is 0. The predicted octanol–water partition coefficient (Wildman–Crippen LogP) is 13.7. The van der Waals surface area contributed by atoms with Gasteiger partial charge in [-0.25, -0.2) is 4.98 Å². The van der Waals surface area contributed by atoms with E-state index in [4.69, 9.17) is 4.98 Å². The molecule has 0 aliphatic heterocycles. The van der Waals surface area contributed by atoms with E-state index in [-0.39, 0.29) is 0 Å². The fourth-order valence-electron chi connectivity index (χ4n) is 8.24. The van der Waals surface area contributed by atoms with E-state index < -0.39 is 5.41 Å². The van der Waals surface area contributed by atoms with Crippen LogP contribution in [0.4, 0.5) is 0 Å². The maximum atomic E-state index is 5.18. The third kappa shape index (κ3) is 6.92. The second kappa shape index (κ2) is 15.6. The summed E-state index contributed by atoms with van der Waals surface area (Å²) < 4.78 is 2.27. The molecule has 2 heteroatoms. The normalized spacial score (nSPS) is 13.1. The van der Waals surface area contributed by atoms with E-state index in [1.165, 1.54) is 50.1 Å². The van der Waals surface area contributed by atoms with Crippen molar-refractivity contribution in [3.63, 3.8) is 0 Å². The summed E-state index contributed by atoms with van der Waals surface area (Å²) in [4.78, 5) is 5.18. The van der Waals surface area contributed by atoms with Crippen LogP contribution in [0.2, 0.25) is 0 Å². The largest absolute Gasteiger partial charge is 0.292 e. The first-order valence-electron chi connectivity index (χ1n) is 19.8. The molecule has 0 bridgehead atoms. The molecule has 8 aromatic rings. The zero-order valence-corrected chi connectivity index (χ0v) is 32.4. The molecule has 1 aliphatic rings. The summed E-state index contributed by atoms with van der Waals surface area (Å²) in [5.74, 6) is 0.921. The van der Waals surface area contributed by atoms with Gasteiger partial charge in [0.1, 0.15) is 5.82 Å². The molecule has 0 unspecified atom stereocenters. The average Bonchev–Trinajstić information content (AvgIpc) is 3.44. The fourth-order valence-corrected chi connectivity index (χ4v) is 8.24. The maximum Gasteiger partial charge on any atom is 0.145 e. The van der Waals surface area contributed by atoms with Gasteiger partial charge >= 0.3 is 0 Å². The molecule has 1 heterocycles. The minimum absolute atomic E-state index is 0.596. The number of imidazole rings is 1. The molecule has 1 aromatic heterocycles. The molecule has 0 amide bonds. The van der Waals surface area contributed by atoms with Crippen molar-refractivity contribution >= 4 is 22.7 Å². The molecule has 0 radical (unpaired) electrons. The van der Waals surface area contributed by atoms with Gasteiger partial charge < -0.3 is 0 Å². The first kappa shape index (κ1) is 35.7. The van der Waals surface area contributed by atoms with Crippen molar-refractivity contribution in [2.75, 3.05) is 0 Å². The molecule has 0 atom stereocenters. The lowest BCUT2D eigenvalue weighted by Gasteiger charge is -2.37. The van der Waals surface area contributed by atoms with Crippen molar-refractivity contribution in [1.82, 2.24) is 9.55 Å². The molecule has 57 heavy (non-hydrogen) atoms. The predicted molar refractivity (Wildman–Crippen MR) is 240 cm³/mol. The summed E-state index contributed by atoms with van der Waals surface area (Å²) in [6.45, 7) is 4.32. The van der Waals surface area contributed by atoms with Gasteiger partial charge in [-0.3, -0.25) is 4.57 Å². The van der Waals surface area contributed by atoms with Gasteiger partial charge in [0, 0.05) is 11.3 Å². The zero-order valence-electron chi connectivity index (χ0n) is 32.4. The van der Waals surface area contributed by atoms with E-state index in [0.717, 1.165) is 40.1 Å². The van der Waals surface area contributed by atoms with Crippen molar-refractivity contribution in [2.24, 2.45) is 0 Å². The highest BCUT2D eigenvalue weighted by molar-refractivity contribution is 5.93. The number of hydrogen-bond acceptors (Lipinski definition) is 1. The van der Waals surface area contributed by atoms with Crippen molar-refractivity contribution < 1.29 is 0 Å². The van der Waals surface area contributed by atoms with E-state index in [0.29, 0.717) is 0 Å². The van der Waals surface area contributed by atoms with Gasteiger partial charge in [-0.2, -0.15) is 0 Å². The molecule has 274 valence electrons. The third-order valence-corrected chi connectivity index (χ3v) is 11.2. The van der Waals surface area contributed by atoms with Crippen molar-refractivity contribution in [2.45, 2.75) is 25.7 Å². The van der Waals surface area contributed by atoms with Crippen LogP contribution in [0.3, 0.4) is 0 Å². The number of allylic oxidation sites excluding steroid dienone is 7. The molecular weight excluding hydrogens is 689 g/mol. The Balaban J connectivity index is 1.22. The van der Waals surface area contributed by atoms with E-state index in [2.05, 4.69) is 237 Å². The van der Waals surface area contributed by atoms with E-state index in [1.54, 1.807) is 0 Å². The Bertz CT molecular complexity index is 2720. The lowest BCUT2D eigenvalue weighted by molar-refractivity contribution is 0.744. The lowest BCUT2D eigenvalue weighted by Crippen LogP contribution is -2.31. The molecule has 0 spiro atoms. The van der Waals surface area contributed by atoms with Gasteiger partial charge in [0.2, 0.25) is 0 Å². The monoisotopic (exact) mass is 732 g/mol. The average molecular weight is 733 g/mol. The van der Waals surface area contributed by atoms with E-state index in [9.17, 15) is 0 Å². The van der Waals surface area contributed by atoms with Crippen LogP contribution in [0.5, 0.6) is 0 Å². The molecule has 7 aromatic carbocycles. The van der Waals surface area contributed by atoms with Crippen molar-refractivity contribution in [3.05, 3.63) is 262 Å². The Hall–Kier alpha value is -7.03. The van der Waals surface area contributed by atoms with Crippen LogP contribution in [0.25, 0.3) is 39.8 Å². The Morgan fingerprint density at radius 1 is 0.561 bits per heavy atom. The molecule has 0 N–H and O–H groups in total. The topological polar surface area (TPSA) is 17.8 Å². The zero-order chi connectivity index (χ0) is 38.6. The second-order valence-electron chi connectivity index (χ2n) is 14.9. The molecule has 0 saturated heterocycles. The summed E-state index contributed by atoms with van der Waals surface area (Å²) in [5, 5.41) is 0. The molecule has 0 fully saturated rings. The van der Waals surface area contributed by atoms with Crippen molar-refractivity contribution in [1.29, 1.82) is 0 Å². The standard InChI is InChI=1S/C55H44N2/c1-40-23-31-46(32-24-40)55(47-33-25-41(2)26-34-47,48-35-27-42(28-36-48)39-51(44-17-9-5-10-18-44)43-15-7-3-4-8-16-43)49-37-29-45(30-38-49)54-56-52-21-13-14-22-53(52)57(54)50-19-11-6-12-20-50/h3,5-39H,4H2,1-2H3/b51-39-. The number of aryl methyl sites for hydroxylation is 2. The SMILES string of the molecule is Cc1ccc(C(c2ccc(C)cc2)(c2ccc(/C=C(/C3=CC=CCC=C3)c3ccccc3)cc2)c2ccc(-c3nc4ccccc4n3-c3ccccc3)cc2)cc1. The molecular formula is C55H44N2. The molecule has 2 nitrogen and oxygen atoms in total. The smallest absolute Gasteiger partial charge is 0.145 e. The first-order chi connectivity index (χ1) is 28.1. The highest BCUT2D eigenvalue weighted by Crippen LogP contribution is 2.46. The van der Waals surface area contributed by atoms with Crippen molar-refractivity contribution in [3.8, 4) is 17.1 Å². The molecule has 0 saturated carbocycles. The lowest BCUT2D eigenvalue weighted by atomic mass is 9.65. The maximum absolute atomic E-state index is 5.18. The summed E-state index contributed by atoms with van der Waals surface area (Å²) in [6, 6.07) is 66.1. The van der Waals surface area contributed by atoms with Crippen LogP contribution in [0.15, 0.2) is 218 Å². The Morgan fingerprint density at radius 2 is 1.11 bits per heavy atom. The van der Waals surface area contributed by atoms with Gasteiger partial charge in [-0.05, 0) is 95.1 Å². The minimum atomic E-state index is -0.596. The van der Waals surface area contributed by atoms with Crippen LogP contribution in [-0.4, -0.2) is 9.55 Å². The summed E-state index contributed by atoms with van der Waals surface area (Å²) in [5.41, 5.74) is 15.7. The highest BCUT2D eigenvalue weighted by Gasteiger charge is 2.38. The first-order valence-corrected chi connectivity index (χ1v) is 19.8. The van der Waals surface area contributed by atoms with Gasteiger partial charge in [-0.1, -0.05) is 199 Å². The van der Waals surface area contributed by atoms with Gasteiger partial charge in [0.05, 0.1) is 16.4 Å². The van der Waals surface area contributed by atoms with Crippen LogP contribution < -0.4 is 0 Å². The number of rotatable bonds is 9. The number of para-hydroxylation sites is 3. The Morgan fingerprint density at radius 3 is 1.74 bits per heavy atom. The van der Waals surface area contributed by atoms with Crippen LogP contribution >= 0.6 is 0 Å². The molecule has 1 aliphatic carbocycles. The molecule has 9 rings (SSSR count). The van der Waals surface area contributed by atoms with Crippen LogP contribution in [0, 0.1) is 13.8 Å². The second-order valence-corrected chi connectivity index (χ2v) is 14.9. The number of benzene rings is 7. The van der Waals surface area contributed by atoms with E-state index >= 15 is 0 Å². The third-order valence-electron chi connectivity index (χ3n) is 11.2. The number of aromatic nitrogens is 2. The quantitative estimate of drug-likeness (QED) is 0.107. The summed E-state index contributed by atoms with van der Waals surface area (Å²) in [6.07, 6.45) is 14.3. The number of nitrogens with zero attached hydrogens (tertiary/aromatic N) is 2. The van der Waals surface area contributed by atoms with Gasteiger partial charge in [0.25, 0.3) is 0 Å². The summed E-state index contributed by atoms with van der Waals surface area (Å²) >= 11 is 0. The Kier molecular flexibility index (Phi) is 9.76. The van der Waals surface area contributed by atoms with Gasteiger partial charge in [-0.15, -0.1) is 0 Å². The highest BCUT2D eigenvalue weighted by atomic mass is 15.1. The minimum Gasteiger partial charge on any atom is -0.292 e. The number of hydrogen-bond donors (Lipinski definition) is 0. The van der Waals surface area contributed by atoms with Crippen LogP contribution in [0.1, 0.15) is 50.9 Å². The van der Waals surface area contributed by atoms with E-state index in [1.807, 2.05) is 0 Å². The fraction of sp³-hybridized carbons (Fsp3) is 0.0727. The van der Waals surface area contributed by atoms with Crippen LogP contribution in [-0.2, 0) is 5.41 Å². The van der Waals surface area contributed by atoms with Gasteiger partial charge in [0.15, 0.2) is 0 Å². The number of fused-ring (bicyclic) bond motifs is 1.